The molecule has 1 aliphatic heterocycles. The molecule has 21 heavy (non-hydrogen) atoms. The number of morpholine rings is 1. The van der Waals surface area contributed by atoms with Gasteiger partial charge in [-0.05, 0) is 38.0 Å². The second-order valence-electron chi connectivity index (χ2n) is 5.79. The largest absolute Gasteiger partial charge is 0.379 e. The summed E-state index contributed by atoms with van der Waals surface area (Å²) in [6.45, 7) is 11.5. The Morgan fingerprint density at radius 1 is 1.29 bits per heavy atom. The van der Waals surface area contributed by atoms with E-state index >= 15 is 0 Å². The lowest BCUT2D eigenvalue weighted by molar-refractivity contribution is 0.0381. The van der Waals surface area contributed by atoms with E-state index in [0.717, 1.165) is 45.0 Å². The number of carbonyl (C=O) groups excluding carboxylic acids is 1. The minimum Gasteiger partial charge on any atom is -0.379 e. The molecule has 0 bridgehead atoms. The number of nitrogens with zero attached hydrogens (tertiary/aromatic N) is 1. The Balaban J connectivity index is 1.80. The monoisotopic (exact) mass is 290 g/mol. The van der Waals surface area contributed by atoms with E-state index in [1.807, 2.05) is 32.0 Å². The molecule has 4 heteroatoms. The van der Waals surface area contributed by atoms with E-state index in [0.29, 0.717) is 0 Å². The quantitative estimate of drug-likeness (QED) is 0.811. The fourth-order valence-corrected chi connectivity index (χ4v) is 2.50. The van der Waals surface area contributed by atoms with Crippen molar-refractivity contribution in [1.82, 2.24) is 10.2 Å². The minimum absolute atomic E-state index is 0.145. The lowest BCUT2D eigenvalue weighted by Crippen LogP contribution is -2.43. The van der Waals surface area contributed by atoms with Gasteiger partial charge in [-0.3, -0.25) is 9.69 Å². The molecule has 116 valence electrons. The van der Waals surface area contributed by atoms with Gasteiger partial charge in [0.15, 0.2) is 5.78 Å². The lowest BCUT2D eigenvalue weighted by atomic mass is 10.0. The van der Waals surface area contributed by atoms with Crippen molar-refractivity contribution in [3.05, 3.63) is 34.9 Å². The van der Waals surface area contributed by atoms with Crippen LogP contribution in [-0.4, -0.2) is 56.1 Å². The number of ether oxygens (including phenoxy) is 1. The number of rotatable bonds is 6. The highest BCUT2D eigenvalue weighted by atomic mass is 16.5. The lowest BCUT2D eigenvalue weighted by Gasteiger charge is -2.27. The molecule has 1 aromatic rings. The number of Topliss-reactive ketones (excluding diaryl/α,β-unsaturated/α-hetero) is 1. The second kappa shape index (κ2) is 7.69. The highest BCUT2D eigenvalue weighted by molar-refractivity contribution is 6.00. The van der Waals surface area contributed by atoms with Gasteiger partial charge in [-0.1, -0.05) is 12.1 Å². The van der Waals surface area contributed by atoms with E-state index in [1.54, 1.807) is 0 Å². The van der Waals surface area contributed by atoms with Crippen LogP contribution in [0.3, 0.4) is 0 Å². The van der Waals surface area contributed by atoms with E-state index < -0.39 is 0 Å². The number of nitrogens with one attached hydrogen (secondary N) is 1. The molecule has 0 aliphatic carbocycles. The second-order valence-corrected chi connectivity index (χ2v) is 5.79. The molecule has 0 saturated carbocycles. The van der Waals surface area contributed by atoms with Gasteiger partial charge >= 0.3 is 0 Å². The van der Waals surface area contributed by atoms with Crippen molar-refractivity contribution in [2.75, 3.05) is 39.4 Å². The average Bonchev–Trinajstić information content (AvgIpc) is 2.50. The van der Waals surface area contributed by atoms with E-state index in [-0.39, 0.29) is 11.8 Å². The molecule has 2 rings (SSSR count). The molecular formula is C17H26N2O2. The predicted octanol–water partition coefficient (Wildman–Crippen LogP) is 1.80. The van der Waals surface area contributed by atoms with Gasteiger partial charge in [0.1, 0.15) is 0 Å². The SMILES string of the molecule is Cc1ccc(C(=O)C(C)NCCN2CCOCC2)cc1C. The number of hydrogen-bond acceptors (Lipinski definition) is 4. The number of carbonyl (C=O) groups is 1. The van der Waals surface area contributed by atoms with E-state index in [1.165, 1.54) is 11.1 Å². The predicted molar refractivity (Wildman–Crippen MR) is 85.0 cm³/mol. The van der Waals surface area contributed by atoms with Crippen molar-refractivity contribution in [1.29, 1.82) is 0 Å². The van der Waals surface area contributed by atoms with Crippen LogP contribution >= 0.6 is 0 Å². The zero-order valence-corrected chi connectivity index (χ0v) is 13.3. The first kappa shape index (κ1) is 16.1. The first-order valence-corrected chi connectivity index (χ1v) is 7.73. The molecule has 1 heterocycles. The number of aryl methyl sites for hydroxylation is 2. The summed E-state index contributed by atoms with van der Waals surface area (Å²) in [4.78, 5) is 14.8. The van der Waals surface area contributed by atoms with Crippen LogP contribution in [0.2, 0.25) is 0 Å². The van der Waals surface area contributed by atoms with Crippen molar-refractivity contribution in [3.8, 4) is 0 Å². The van der Waals surface area contributed by atoms with Crippen molar-refractivity contribution < 1.29 is 9.53 Å². The molecule has 0 aromatic heterocycles. The zero-order chi connectivity index (χ0) is 15.2. The molecule has 1 atom stereocenters. The van der Waals surface area contributed by atoms with Crippen molar-refractivity contribution in [2.45, 2.75) is 26.8 Å². The zero-order valence-electron chi connectivity index (χ0n) is 13.3. The highest BCUT2D eigenvalue weighted by Crippen LogP contribution is 2.11. The third kappa shape index (κ3) is 4.63. The Morgan fingerprint density at radius 3 is 2.67 bits per heavy atom. The van der Waals surface area contributed by atoms with Crippen LogP contribution in [0.25, 0.3) is 0 Å². The van der Waals surface area contributed by atoms with Crippen molar-refractivity contribution >= 4 is 5.78 Å². The van der Waals surface area contributed by atoms with E-state index in [9.17, 15) is 4.79 Å². The molecule has 1 saturated heterocycles. The van der Waals surface area contributed by atoms with Gasteiger partial charge in [0.05, 0.1) is 19.3 Å². The summed E-state index contributed by atoms with van der Waals surface area (Å²) in [6, 6.07) is 5.78. The molecule has 1 unspecified atom stereocenters. The maximum Gasteiger partial charge on any atom is 0.179 e. The Morgan fingerprint density at radius 2 is 2.00 bits per heavy atom. The Bertz CT molecular complexity index is 482. The third-order valence-electron chi connectivity index (χ3n) is 4.17. The topological polar surface area (TPSA) is 41.6 Å². The summed E-state index contributed by atoms with van der Waals surface area (Å²) in [5.74, 6) is 0.167. The Kier molecular flexibility index (Phi) is 5.91. The van der Waals surface area contributed by atoms with Gasteiger partial charge in [-0.25, -0.2) is 0 Å². The molecule has 1 aliphatic rings. The molecule has 1 aromatic carbocycles. The van der Waals surface area contributed by atoms with Crippen molar-refractivity contribution in [2.24, 2.45) is 0 Å². The van der Waals surface area contributed by atoms with Crippen molar-refractivity contribution in [3.63, 3.8) is 0 Å². The summed E-state index contributed by atoms with van der Waals surface area (Å²) in [7, 11) is 0. The fourth-order valence-electron chi connectivity index (χ4n) is 2.50. The molecular weight excluding hydrogens is 264 g/mol. The fraction of sp³-hybridized carbons (Fsp3) is 0.588. The number of hydrogen-bond donors (Lipinski definition) is 1. The van der Waals surface area contributed by atoms with Crippen LogP contribution in [0, 0.1) is 13.8 Å². The average molecular weight is 290 g/mol. The van der Waals surface area contributed by atoms with E-state index in [4.69, 9.17) is 4.74 Å². The molecule has 4 nitrogen and oxygen atoms in total. The smallest absolute Gasteiger partial charge is 0.179 e. The first-order valence-electron chi connectivity index (χ1n) is 7.73. The third-order valence-corrected chi connectivity index (χ3v) is 4.17. The van der Waals surface area contributed by atoms with Gasteiger partial charge < -0.3 is 10.1 Å². The molecule has 0 spiro atoms. The highest BCUT2D eigenvalue weighted by Gasteiger charge is 2.16. The normalized spacial score (nSPS) is 17.7. The summed E-state index contributed by atoms with van der Waals surface area (Å²) < 4.78 is 5.33. The van der Waals surface area contributed by atoms with Gasteiger partial charge in [0.25, 0.3) is 0 Å². The van der Waals surface area contributed by atoms with Crippen LogP contribution in [0.4, 0.5) is 0 Å². The van der Waals surface area contributed by atoms with Crippen LogP contribution < -0.4 is 5.32 Å². The Labute approximate surface area is 127 Å². The summed E-state index contributed by atoms with van der Waals surface area (Å²) in [5, 5.41) is 3.33. The Hall–Kier alpha value is -1.23. The maximum atomic E-state index is 12.4. The number of benzene rings is 1. The minimum atomic E-state index is -0.145. The van der Waals surface area contributed by atoms with Gasteiger partial charge in [0.2, 0.25) is 0 Å². The molecule has 0 amide bonds. The van der Waals surface area contributed by atoms with Crippen LogP contribution in [0.15, 0.2) is 18.2 Å². The van der Waals surface area contributed by atoms with Gasteiger partial charge in [-0.15, -0.1) is 0 Å². The molecule has 1 fully saturated rings. The van der Waals surface area contributed by atoms with Gasteiger partial charge in [-0.2, -0.15) is 0 Å². The summed E-state index contributed by atoms with van der Waals surface area (Å²) in [5.41, 5.74) is 3.19. The van der Waals surface area contributed by atoms with Crippen LogP contribution in [-0.2, 0) is 4.74 Å². The van der Waals surface area contributed by atoms with Gasteiger partial charge in [0, 0.05) is 31.7 Å². The first-order chi connectivity index (χ1) is 10.1. The number of ketones is 1. The summed E-state index contributed by atoms with van der Waals surface area (Å²) in [6.07, 6.45) is 0. The van der Waals surface area contributed by atoms with Crippen LogP contribution in [0.1, 0.15) is 28.4 Å². The standard InChI is InChI=1S/C17H26N2O2/c1-13-4-5-16(12-14(13)2)17(20)15(3)18-6-7-19-8-10-21-11-9-19/h4-5,12,15,18H,6-11H2,1-3H3. The molecule has 1 N–H and O–H groups in total. The maximum absolute atomic E-state index is 12.4. The van der Waals surface area contributed by atoms with Crippen LogP contribution in [0.5, 0.6) is 0 Å². The van der Waals surface area contributed by atoms with E-state index in [2.05, 4.69) is 17.1 Å². The summed E-state index contributed by atoms with van der Waals surface area (Å²) >= 11 is 0. The molecule has 0 radical (unpaired) electrons.